The van der Waals surface area contributed by atoms with Gasteiger partial charge in [-0.05, 0) is 18.2 Å². The van der Waals surface area contributed by atoms with Crippen LogP contribution in [0.25, 0.3) is 0 Å². The van der Waals surface area contributed by atoms with Crippen LogP contribution in [0.1, 0.15) is 5.56 Å². The minimum Gasteiger partial charge on any atom is -0.455 e. The number of fused-ring (bicyclic) bond motifs is 2. The number of hydrogen-bond acceptors (Lipinski definition) is 2. The Bertz CT molecular complexity index is 539. The van der Waals surface area contributed by atoms with Gasteiger partial charge >= 0.3 is 0 Å². The Balaban J connectivity index is 2.12. The molecule has 0 spiro atoms. The molecule has 0 saturated heterocycles. The van der Waals surface area contributed by atoms with E-state index >= 15 is 0 Å². The third-order valence-electron chi connectivity index (χ3n) is 2.49. The molecule has 1 aliphatic heterocycles. The number of para-hydroxylation sites is 2. The van der Waals surface area contributed by atoms with E-state index in [1.807, 2.05) is 18.2 Å². The molecule has 1 heterocycles. The van der Waals surface area contributed by atoms with Crippen molar-refractivity contribution in [2.75, 3.05) is 0 Å². The number of benzene rings is 2. The summed E-state index contributed by atoms with van der Waals surface area (Å²) in [4.78, 5) is 2.37. The quantitative estimate of drug-likeness (QED) is 0.594. The van der Waals surface area contributed by atoms with Gasteiger partial charge in [-0.15, -0.1) is 0 Å². The molecule has 0 fully saturated rings. The third kappa shape index (κ3) is 1.64. The van der Waals surface area contributed by atoms with Gasteiger partial charge in [0.2, 0.25) is 0 Å². The molecule has 3 rings (SSSR count). The van der Waals surface area contributed by atoms with E-state index in [4.69, 9.17) is 4.74 Å². The zero-order chi connectivity index (χ0) is 11.0. The zero-order valence-corrected chi connectivity index (χ0v) is 10.8. The first kappa shape index (κ1) is 10.2. The fourth-order valence-corrected chi connectivity index (χ4v) is 3.16. The molecule has 1 aliphatic rings. The molecule has 0 saturated carbocycles. The summed E-state index contributed by atoms with van der Waals surface area (Å²) in [7, 11) is 0. The van der Waals surface area contributed by atoms with Crippen molar-refractivity contribution in [2.24, 2.45) is 0 Å². The van der Waals surface area contributed by atoms with E-state index in [0.29, 0.717) is 0 Å². The van der Waals surface area contributed by atoms with Crippen LogP contribution in [0.15, 0.2) is 52.3 Å². The summed E-state index contributed by atoms with van der Waals surface area (Å²) in [5.74, 6) is 1.94. The normalized spacial score (nSPS) is 12.6. The molecule has 2 aromatic carbocycles. The second-order valence-corrected chi connectivity index (χ2v) is 5.17. The Labute approximate surface area is 107 Å². The first-order valence-electron chi connectivity index (χ1n) is 5.01. The lowest BCUT2D eigenvalue weighted by Gasteiger charge is -2.21. The average Bonchev–Trinajstić information content (AvgIpc) is 2.35. The molecular formula is C13H9BrOS. The van der Waals surface area contributed by atoms with E-state index in [1.54, 1.807) is 11.8 Å². The van der Waals surface area contributed by atoms with Gasteiger partial charge in [0.05, 0.1) is 9.79 Å². The largest absolute Gasteiger partial charge is 0.455 e. The molecule has 0 radical (unpaired) electrons. The van der Waals surface area contributed by atoms with E-state index in [1.165, 1.54) is 15.4 Å². The Kier molecular flexibility index (Phi) is 2.65. The Hall–Kier alpha value is -0.930. The molecular weight excluding hydrogens is 284 g/mol. The molecule has 3 heteroatoms. The predicted molar refractivity (Wildman–Crippen MR) is 69.7 cm³/mol. The maximum atomic E-state index is 5.95. The van der Waals surface area contributed by atoms with Crippen molar-refractivity contribution in [3.63, 3.8) is 0 Å². The fourth-order valence-electron chi connectivity index (χ4n) is 1.71. The number of hydrogen-bond donors (Lipinski definition) is 0. The predicted octanol–water partition coefficient (Wildman–Crippen LogP) is 4.84. The van der Waals surface area contributed by atoms with Crippen molar-refractivity contribution in [1.29, 1.82) is 0 Å². The number of ether oxygens (including phenoxy) is 1. The van der Waals surface area contributed by atoms with Gasteiger partial charge < -0.3 is 4.74 Å². The highest BCUT2D eigenvalue weighted by molar-refractivity contribution is 9.08. The van der Waals surface area contributed by atoms with Gasteiger partial charge in [0.25, 0.3) is 0 Å². The summed E-state index contributed by atoms with van der Waals surface area (Å²) >= 11 is 5.25. The van der Waals surface area contributed by atoms with Crippen molar-refractivity contribution >= 4 is 27.7 Å². The topological polar surface area (TPSA) is 9.23 Å². The molecule has 0 bridgehead atoms. The van der Waals surface area contributed by atoms with Gasteiger partial charge in [0.1, 0.15) is 11.5 Å². The van der Waals surface area contributed by atoms with Crippen molar-refractivity contribution in [3.05, 3.63) is 48.0 Å². The maximum Gasteiger partial charge on any atom is 0.145 e. The molecule has 1 nitrogen and oxygen atoms in total. The average molecular weight is 293 g/mol. The van der Waals surface area contributed by atoms with E-state index in [-0.39, 0.29) is 0 Å². The maximum absolute atomic E-state index is 5.95. The lowest BCUT2D eigenvalue weighted by atomic mass is 10.2. The molecule has 16 heavy (non-hydrogen) atoms. The van der Waals surface area contributed by atoms with Crippen LogP contribution in [-0.2, 0) is 5.33 Å². The summed E-state index contributed by atoms with van der Waals surface area (Å²) in [6, 6.07) is 14.4. The first-order valence-corrected chi connectivity index (χ1v) is 6.95. The van der Waals surface area contributed by atoms with Gasteiger partial charge in [-0.2, -0.15) is 0 Å². The van der Waals surface area contributed by atoms with Crippen LogP contribution in [-0.4, -0.2) is 0 Å². The number of halogens is 1. The smallest absolute Gasteiger partial charge is 0.145 e. The number of alkyl halides is 1. The van der Waals surface area contributed by atoms with Crippen LogP contribution in [0.4, 0.5) is 0 Å². The highest BCUT2D eigenvalue weighted by Crippen LogP contribution is 2.48. The molecule has 0 N–H and O–H groups in total. The summed E-state index contributed by atoms with van der Waals surface area (Å²) in [5.41, 5.74) is 1.19. The highest BCUT2D eigenvalue weighted by atomic mass is 79.9. The molecule has 80 valence electrons. The van der Waals surface area contributed by atoms with Gasteiger partial charge in [0, 0.05) is 10.9 Å². The minimum absolute atomic E-state index is 0.818. The standard InChI is InChI=1S/C13H9BrOS/c14-8-9-4-3-7-12-13(9)15-10-5-1-2-6-11(10)16-12/h1-7H,8H2. The third-order valence-corrected chi connectivity index (χ3v) is 4.19. The number of rotatable bonds is 1. The first-order chi connectivity index (χ1) is 7.88. The van der Waals surface area contributed by atoms with Gasteiger partial charge in [-0.1, -0.05) is 52.0 Å². The monoisotopic (exact) mass is 292 g/mol. The Morgan fingerprint density at radius 3 is 2.69 bits per heavy atom. The van der Waals surface area contributed by atoms with Crippen LogP contribution >= 0.6 is 27.7 Å². The molecule has 0 atom stereocenters. The highest BCUT2D eigenvalue weighted by Gasteiger charge is 2.19. The minimum atomic E-state index is 0.818. The van der Waals surface area contributed by atoms with Gasteiger partial charge in [-0.3, -0.25) is 0 Å². The van der Waals surface area contributed by atoms with Crippen molar-refractivity contribution in [1.82, 2.24) is 0 Å². The Morgan fingerprint density at radius 1 is 1.00 bits per heavy atom. The van der Waals surface area contributed by atoms with Crippen LogP contribution in [0.2, 0.25) is 0 Å². The van der Waals surface area contributed by atoms with Crippen LogP contribution in [0.3, 0.4) is 0 Å². The van der Waals surface area contributed by atoms with Gasteiger partial charge in [0.15, 0.2) is 0 Å². The second kappa shape index (κ2) is 4.15. The summed E-state index contributed by atoms with van der Waals surface area (Å²) in [5, 5.41) is 0.818. The molecule has 0 aromatic heterocycles. The lowest BCUT2D eigenvalue weighted by molar-refractivity contribution is 0.450. The van der Waals surface area contributed by atoms with E-state index in [2.05, 4.69) is 40.2 Å². The van der Waals surface area contributed by atoms with Gasteiger partial charge in [-0.25, -0.2) is 0 Å². The van der Waals surface area contributed by atoms with E-state index < -0.39 is 0 Å². The molecule has 0 aliphatic carbocycles. The zero-order valence-electron chi connectivity index (χ0n) is 8.44. The van der Waals surface area contributed by atoms with Crippen molar-refractivity contribution in [3.8, 4) is 11.5 Å². The van der Waals surface area contributed by atoms with Crippen molar-refractivity contribution in [2.45, 2.75) is 15.1 Å². The summed E-state index contributed by atoms with van der Waals surface area (Å²) in [6.45, 7) is 0. The van der Waals surface area contributed by atoms with E-state index in [9.17, 15) is 0 Å². The molecule has 0 amide bonds. The van der Waals surface area contributed by atoms with Crippen LogP contribution < -0.4 is 4.74 Å². The molecule has 0 unspecified atom stereocenters. The Morgan fingerprint density at radius 2 is 1.81 bits per heavy atom. The van der Waals surface area contributed by atoms with Crippen LogP contribution in [0, 0.1) is 0 Å². The summed E-state index contributed by atoms with van der Waals surface area (Å²) in [6.07, 6.45) is 0. The van der Waals surface area contributed by atoms with Crippen LogP contribution in [0.5, 0.6) is 11.5 Å². The fraction of sp³-hybridized carbons (Fsp3) is 0.0769. The summed E-state index contributed by atoms with van der Waals surface area (Å²) < 4.78 is 5.95. The van der Waals surface area contributed by atoms with Crippen molar-refractivity contribution < 1.29 is 4.74 Å². The van der Waals surface area contributed by atoms with E-state index in [0.717, 1.165) is 16.8 Å². The molecule has 2 aromatic rings. The SMILES string of the molecule is BrCc1cccc2c1Oc1ccccc1S2. The second-order valence-electron chi connectivity index (χ2n) is 3.53. The lowest BCUT2D eigenvalue weighted by Crippen LogP contribution is -1.97.